The van der Waals surface area contributed by atoms with Gasteiger partial charge in [0, 0.05) is 25.5 Å². The molecule has 0 unspecified atom stereocenters. The van der Waals surface area contributed by atoms with E-state index in [9.17, 15) is 13.6 Å². The van der Waals surface area contributed by atoms with Gasteiger partial charge in [0.15, 0.2) is 0 Å². The van der Waals surface area contributed by atoms with Gasteiger partial charge in [-0.2, -0.15) is 0 Å². The van der Waals surface area contributed by atoms with Crippen molar-refractivity contribution < 1.29 is 13.6 Å². The minimum atomic E-state index is -0.615. The highest BCUT2D eigenvalue weighted by atomic mass is 19.1. The minimum Gasteiger partial charge on any atom is -0.339 e. The van der Waals surface area contributed by atoms with Crippen LogP contribution in [0.3, 0.4) is 0 Å². The van der Waals surface area contributed by atoms with Crippen LogP contribution in [0, 0.1) is 11.6 Å². The van der Waals surface area contributed by atoms with Crippen LogP contribution in [0.5, 0.6) is 0 Å². The molecule has 0 aliphatic heterocycles. The molecule has 0 saturated heterocycles. The Labute approximate surface area is 149 Å². The van der Waals surface area contributed by atoms with Gasteiger partial charge in [-0.15, -0.1) is 0 Å². The Morgan fingerprint density at radius 3 is 2.54 bits per heavy atom. The fourth-order valence-corrected chi connectivity index (χ4v) is 2.61. The van der Waals surface area contributed by atoms with Crippen LogP contribution >= 0.6 is 0 Å². The number of benzene rings is 2. The molecule has 0 aliphatic rings. The van der Waals surface area contributed by atoms with Crippen molar-refractivity contribution in [3.8, 4) is 0 Å². The highest BCUT2D eigenvalue weighted by Crippen LogP contribution is 2.21. The molecule has 0 spiro atoms. The number of rotatable bonds is 5. The van der Waals surface area contributed by atoms with Crippen LogP contribution in [0.4, 0.5) is 8.78 Å². The summed E-state index contributed by atoms with van der Waals surface area (Å²) < 4.78 is 28.6. The number of amides is 1. The number of hydrogen-bond donors (Lipinski definition) is 1. The Kier molecular flexibility index (Phi) is 5.22. The second kappa shape index (κ2) is 7.74. The Morgan fingerprint density at radius 1 is 1.15 bits per heavy atom. The summed E-state index contributed by atoms with van der Waals surface area (Å²) in [5.74, 6) is -0.598. The van der Waals surface area contributed by atoms with Gasteiger partial charge in [-0.1, -0.05) is 24.3 Å². The number of aryl methyl sites for hydroxylation is 1. The molecule has 1 atom stereocenters. The second-order valence-electron chi connectivity index (χ2n) is 5.78. The summed E-state index contributed by atoms with van der Waals surface area (Å²) in [5.41, 5.74) is 1.14. The molecule has 1 amide bonds. The van der Waals surface area contributed by atoms with Crippen LogP contribution in [0.15, 0.2) is 67.0 Å². The largest absolute Gasteiger partial charge is 0.339 e. The van der Waals surface area contributed by atoms with Gasteiger partial charge in [0.05, 0.1) is 0 Å². The minimum absolute atomic E-state index is 0.377. The summed E-state index contributed by atoms with van der Waals surface area (Å²) in [7, 11) is 1.80. The average molecular weight is 353 g/mol. The van der Waals surface area contributed by atoms with Crippen LogP contribution in [0.25, 0.3) is 6.08 Å². The van der Waals surface area contributed by atoms with E-state index in [2.05, 4.69) is 10.3 Å². The zero-order valence-electron chi connectivity index (χ0n) is 14.1. The molecule has 0 bridgehead atoms. The maximum absolute atomic E-state index is 13.6. The molecule has 3 rings (SSSR count). The lowest BCUT2D eigenvalue weighted by Crippen LogP contribution is -2.29. The smallest absolute Gasteiger partial charge is 0.244 e. The Morgan fingerprint density at radius 2 is 1.88 bits per heavy atom. The highest BCUT2D eigenvalue weighted by molar-refractivity contribution is 5.92. The van der Waals surface area contributed by atoms with Crippen molar-refractivity contribution in [2.45, 2.75) is 6.04 Å². The number of carbonyl (C=O) groups excluding carboxylic acids is 1. The molecule has 0 radical (unpaired) electrons. The van der Waals surface area contributed by atoms with Gasteiger partial charge in [-0.05, 0) is 41.5 Å². The van der Waals surface area contributed by atoms with Crippen molar-refractivity contribution in [2.24, 2.45) is 7.05 Å². The van der Waals surface area contributed by atoms with Gasteiger partial charge < -0.3 is 9.88 Å². The number of hydrogen-bond acceptors (Lipinski definition) is 2. The first-order valence-corrected chi connectivity index (χ1v) is 8.00. The van der Waals surface area contributed by atoms with E-state index in [1.54, 1.807) is 48.3 Å². The number of halogens is 2. The molecule has 0 aliphatic carbocycles. The molecule has 2 aromatic carbocycles. The number of carbonyl (C=O) groups is 1. The van der Waals surface area contributed by atoms with Crippen LogP contribution in [-0.2, 0) is 11.8 Å². The van der Waals surface area contributed by atoms with E-state index in [1.165, 1.54) is 36.4 Å². The molecule has 1 N–H and O–H groups in total. The molecule has 132 valence electrons. The number of nitrogens with zero attached hydrogens (tertiary/aromatic N) is 2. The van der Waals surface area contributed by atoms with Gasteiger partial charge in [-0.25, -0.2) is 13.8 Å². The number of aromatic nitrogens is 2. The van der Waals surface area contributed by atoms with Crippen molar-refractivity contribution in [1.29, 1.82) is 0 Å². The normalized spacial score (nSPS) is 12.3. The van der Waals surface area contributed by atoms with E-state index in [4.69, 9.17) is 0 Å². The summed E-state index contributed by atoms with van der Waals surface area (Å²) >= 11 is 0. The predicted molar refractivity (Wildman–Crippen MR) is 95.0 cm³/mol. The zero-order valence-corrected chi connectivity index (χ0v) is 14.1. The molecule has 4 nitrogen and oxygen atoms in total. The maximum Gasteiger partial charge on any atom is 0.244 e. The molecule has 1 aromatic heterocycles. The number of nitrogens with one attached hydrogen (secondary N) is 1. The van der Waals surface area contributed by atoms with E-state index < -0.39 is 17.8 Å². The van der Waals surface area contributed by atoms with E-state index in [-0.39, 0.29) is 5.82 Å². The SMILES string of the molecule is Cn1ccnc1[C@@H](NC(=O)/C=C/c1cccc(F)c1)c1cccc(F)c1. The Hall–Kier alpha value is -3.28. The Balaban J connectivity index is 1.84. The zero-order chi connectivity index (χ0) is 18.5. The monoisotopic (exact) mass is 353 g/mol. The quantitative estimate of drug-likeness (QED) is 0.712. The number of imidazole rings is 1. The molecule has 1 heterocycles. The lowest BCUT2D eigenvalue weighted by Gasteiger charge is -2.18. The molecule has 26 heavy (non-hydrogen) atoms. The summed E-state index contributed by atoms with van der Waals surface area (Å²) in [4.78, 5) is 16.6. The van der Waals surface area contributed by atoms with Crippen molar-refractivity contribution in [3.05, 3.63) is 95.6 Å². The summed E-state index contributed by atoms with van der Waals surface area (Å²) in [6.07, 6.45) is 6.18. The van der Waals surface area contributed by atoms with E-state index in [0.717, 1.165) is 0 Å². The summed E-state index contributed by atoms with van der Waals surface area (Å²) in [6, 6.07) is 11.3. The molecular weight excluding hydrogens is 336 g/mol. The van der Waals surface area contributed by atoms with Crippen molar-refractivity contribution in [1.82, 2.24) is 14.9 Å². The fourth-order valence-electron chi connectivity index (χ4n) is 2.61. The van der Waals surface area contributed by atoms with Gasteiger partial charge in [0.25, 0.3) is 0 Å². The summed E-state index contributed by atoms with van der Waals surface area (Å²) in [6.45, 7) is 0. The van der Waals surface area contributed by atoms with Crippen LogP contribution in [0.1, 0.15) is 23.0 Å². The predicted octanol–water partition coefficient (Wildman–Crippen LogP) is 3.62. The van der Waals surface area contributed by atoms with E-state index in [1.807, 2.05) is 0 Å². The van der Waals surface area contributed by atoms with Crippen molar-refractivity contribution >= 4 is 12.0 Å². The third-order valence-electron chi connectivity index (χ3n) is 3.86. The Bertz CT molecular complexity index is 949. The maximum atomic E-state index is 13.6. The van der Waals surface area contributed by atoms with Crippen molar-refractivity contribution in [2.75, 3.05) is 0 Å². The standard InChI is InChI=1S/C20H17F2N3O/c1-25-11-10-23-20(25)19(15-5-3-7-17(22)13-15)24-18(26)9-8-14-4-2-6-16(21)12-14/h2-13,19H,1H3,(H,24,26)/b9-8+/t19-/m0/s1. The molecule has 0 saturated carbocycles. The highest BCUT2D eigenvalue weighted by Gasteiger charge is 2.20. The first kappa shape index (κ1) is 17.5. The van der Waals surface area contributed by atoms with Gasteiger partial charge >= 0.3 is 0 Å². The van der Waals surface area contributed by atoms with Gasteiger partial charge in [-0.3, -0.25) is 4.79 Å². The average Bonchev–Trinajstić information content (AvgIpc) is 3.04. The van der Waals surface area contributed by atoms with Gasteiger partial charge in [0.1, 0.15) is 23.5 Å². The topological polar surface area (TPSA) is 46.9 Å². The summed E-state index contributed by atoms with van der Waals surface area (Å²) in [5, 5.41) is 2.82. The lowest BCUT2D eigenvalue weighted by molar-refractivity contribution is -0.117. The molecular formula is C20H17F2N3O. The molecule has 0 fully saturated rings. The molecule has 6 heteroatoms. The van der Waals surface area contributed by atoms with Crippen LogP contribution < -0.4 is 5.32 Å². The lowest BCUT2D eigenvalue weighted by atomic mass is 10.1. The van der Waals surface area contributed by atoms with Gasteiger partial charge in [0.2, 0.25) is 5.91 Å². The fraction of sp³-hybridized carbons (Fsp3) is 0.100. The third kappa shape index (κ3) is 4.22. The third-order valence-corrected chi connectivity index (χ3v) is 3.86. The van der Waals surface area contributed by atoms with Crippen LogP contribution in [0.2, 0.25) is 0 Å². The van der Waals surface area contributed by atoms with Crippen molar-refractivity contribution in [3.63, 3.8) is 0 Å². The van der Waals surface area contributed by atoms with E-state index in [0.29, 0.717) is 17.0 Å². The molecule has 3 aromatic rings. The van der Waals surface area contributed by atoms with Crippen LogP contribution in [-0.4, -0.2) is 15.5 Å². The second-order valence-corrected chi connectivity index (χ2v) is 5.78. The van der Waals surface area contributed by atoms with E-state index >= 15 is 0 Å². The first-order chi connectivity index (χ1) is 12.5. The first-order valence-electron chi connectivity index (χ1n) is 8.00.